The summed E-state index contributed by atoms with van der Waals surface area (Å²) in [5.74, 6) is 5.80. The molecule has 19 heavy (non-hydrogen) atoms. The third-order valence-corrected chi connectivity index (χ3v) is 2.76. The zero-order chi connectivity index (χ0) is 13.7. The number of nitrogens with zero attached hydrogens (tertiary/aromatic N) is 1. The standard InChI is InChI=1S/C14H17N5/c15-12-5-1-10(2-6-12)9-18-14(16)11-3-7-13(19-17)8-4-11/h1-8,19H,9,15,17H2,(H2,16,18). The highest BCUT2D eigenvalue weighted by molar-refractivity contribution is 5.97. The molecule has 0 fully saturated rings. The summed E-state index contributed by atoms with van der Waals surface area (Å²) in [4.78, 5) is 4.35. The highest BCUT2D eigenvalue weighted by atomic mass is 15.2. The van der Waals surface area contributed by atoms with E-state index < -0.39 is 0 Å². The minimum atomic E-state index is 0.500. The summed E-state index contributed by atoms with van der Waals surface area (Å²) in [6.07, 6.45) is 0. The molecule has 0 atom stereocenters. The van der Waals surface area contributed by atoms with E-state index in [1.165, 1.54) is 0 Å². The summed E-state index contributed by atoms with van der Waals surface area (Å²) < 4.78 is 0. The largest absolute Gasteiger partial charge is 0.399 e. The van der Waals surface area contributed by atoms with Crippen molar-refractivity contribution in [1.82, 2.24) is 0 Å². The summed E-state index contributed by atoms with van der Waals surface area (Å²) in [5.41, 5.74) is 17.6. The van der Waals surface area contributed by atoms with E-state index in [9.17, 15) is 0 Å². The Morgan fingerprint density at radius 1 is 1.00 bits per heavy atom. The van der Waals surface area contributed by atoms with E-state index in [1.807, 2.05) is 48.5 Å². The van der Waals surface area contributed by atoms with Crippen LogP contribution < -0.4 is 22.7 Å². The molecule has 0 spiro atoms. The fourth-order valence-electron chi connectivity index (χ4n) is 1.63. The Morgan fingerprint density at radius 3 is 2.21 bits per heavy atom. The van der Waals surface area contributed by atoms with E-state index in [-0.39, 0.29) is 0 Å². The quantitative estimate of drug-likeness (QED) is 0.218. The number of hydrogen-bond acceptors (Lipinski definition) is 4. The van der Waals surface area contributed by atoms with Crippen LogP contribution in [0.15, 0.2) is 53.5 Å². The van der Waals surface area contributed by atoms with Crippen LogP contribution in [0.25, 0.3) is 0 Å². The predicted molar refractivity (Wildman–Crippen MR) is 79.5 cm³/mol. The Kier molecular flexibility index (Phi) is 4.00. The van der Waals surface area contributed by atoms with Crippen LogP contribution >= 0.6 is 0 Å². The molecule has 0 aliphatic rings. The van der Waals surface area contributed by atoms with Gasteiger partial charge in [-0.05, 0) is 42.0 Å². The second-order valence-corrected chi connectivity index (χ2v) is 4.16. The molecule has 7 N–H and O–H groups in total. The molecule has 0 amide bonds. The van der Waals surface area contributed by atoms with Gasteiger partial charge in [-0.2, -0.15) is 0 Å². The lowest BCUT2D eigenvalue weighted by atomic mass is 10.2. The van der Waals surface area contributed by atoms with Crippen molar-refractivity contribution < 1.29 is 0 Å². The van der Waals surface area contributed by atoms with E-state index in [4.69, 9.17) is 17.3 Å². The van der Waals surface area contributed by atoms with Gasteiger partial charge in [0.25, 0.3) is 0 Å². The van der Waals surface area contributed by atoms with Crippen LogP contribution in [0.2, 0.25) is 0 Å². The molecule has 0 bridgehead atoms. The maximum Gasteiger partial charge on any atom is 0.125 e. The van der Waals surface area contributed by atoms with Gasteiger partial charge >= 0.3 is 0 Å². The van der Waals surface area contributed by atoms with Gasteiger partial charge in [-0.25, -0.2) is 0 Å². The molecule has 98 valence electrons. The van der Waals surface area contributed by atoms with Crippen LogP contribution in [0.4, 0.5) is 11.4 Å². The van der Waals surface area contributed by atoms with Gasteiger partial charge in [0.05, 0.1) is 6.54 Å². The topological polar surface area (TPSA) is 102 Å². The van der Waals surface area contributed by atoms with Gasteiger partial charge in [-0.3, -0.25) is 10.8 Å². The molecule has 5 heteroatoms. The number of benzene rings is 2. The van der Waals surface area contributed by atoms with E-state index in [0.717, 1.165) is 22.5 Å². The molecule has 0 heterocycles. The normalized spacial score (nSPS) is 11.3. The smallest absolute Gasteiger partial charge is 0.125 e. The Balaban J connectivity index is 2.07. The first kappa shape index (κ1) is 12.9. The number of hydrogen-bond donors (Lipinski definition) is 4. The highest BCUT2D eigenvalue weighted by Crippen LogP contribution is 2.09. The first-order chi connectivity index (χ1) is 9.19. The van der Waals surface area contributed by atoms with E-state index in [1.54, 1.807) is 0 Å². The van der Waals surface area contributed by atoms with Gasteiger partial charge in [-0.1, -0.05) is 12.1 Å². The summed E-state index contributed by atoms with van der Waals surface area (Å²) in [7, 11) is 0. The van der Waals surface area contributed by atoms with E-state index >= 15 is 0 Å². The van der Waals surface area contributed by atoms with Crippen LogP contribution in [-0.4, -0.2) is 5.84 Å². The maximum atomic E-state index is 5.94. The zero-order valence-corrected chi connectivity index (χ0v) is 10.5. The lowest BCUT2D eigenvalue weighted by molar-refractivity contribution is 1.06. The molecule has 0 unspecified atom stereocenters. The fraction of sp³-hybridized carbons (Fsp3) is 0.0714. The number of nitrogen functional groups attached to an aromatic ring is 2. The number of anilines is 2. The molecule has 0 aliphatic heterocycles. The monoisotopic (exact) mass is 255 g/mol. The van der Waals surface area contributed by atoms with Crippen LogP contribution in [0.1, 0.15) is 11.1 Å². The van der Waals surface area contributed by atoms with Crippen molar-refractivity contribution in [2.75, 3.05) is 11.2 Å². The SMILES string of the molecule is NNc1ccc(C(N)=NCc2ccc(N)cc2)cc1. The predicted octanol–water partition coefficient (Wildman–Crippen LogP) is 1.46. The number of nitrogens with two attached hydrogens (primary N) is 3. The molecule has 2 aromatic carbocycles. The van der Waals surface area contributed by atoms with Crippen LogP contribution in [0.3, 0.4) is 0 Å². The van der Waals surface area contributed by atoms with Crippen molar-refractivity contribution in [1.29, 1.82) is 0 Å². The van der Waals surface area contributed by atoms with Gasteiger partial charge in [0.1, 0.15) is 5.84 Å². The van der Waals surface area contributed by atoms with Gasteiger partial charge in [-0.15, -0.1) is 0 Å². The Labute approximate surface area is 112 Å². The van der Waals surface area contributed by atoms with Gasteiger partial charge in [0.2, 0.25) is 0 Å². The van der Waals surface area contributed by atoms with Crippen LogP contribution in [-0.2, 0) is 6.54 Å². The third-order valence-electron chi connectivity index (χ3n) is 2.76. The first-order valence-electron chi connectivity index (χ1n) is 5.90. The number of nitrogens with one attached hydrogen (secondary N) is 1. The molecule has 5 nitrogen and oxygen atoms in total. The van der Waals surface area contributed by atoms with E-state index in [2.05, 4.69) is 10.4 Å². The minimum absolute atomic E-state index is 0.500. The molecule has 2 rings (SSSR count). The number of aliphatic imine (C=N–C) groups is 1. The molecule has 0 radical (unpaired) electrons. The number of rotatable bonds is 4. The summed E-state index contributed by atoms with van der Waals surface area (Å²) >= 11 is 0. The second kappa shape index (κ2) is 5.88. The van der Waals surface area contributed by atoms with Crippen molar-refractivity contribution in [3.8, 4) is 0 Å². The number of amidine groups is 1. The van der Waals surface area contributed by atoms with E-state index in [0.29, 0.717) is 12.4 Å². The van der Waals surface area contributed by atoms with Gasteiger partial charge < -0.3 is 16.9 Å². The average Bonchev–Trinajstić information content (AvgIpc) is 2.46. The lowest BCUT2D eigenvalue weighted by Crippen LogP contribution is -2.14. The maximum absolute atomic E-state index is 5.94. The molecular formula is C14H17N5. The third kappa shape index (κ3) is 3.46. The minimum Gasteiger partial charge on any atom is -0.399 e. The highest BCUT2D eigenvalue weighted by Gasteiger charge is 1.98. The first-order valence-corrected chi connectivity index (χ1v) is 5.90. The van der Waals surface area contributed by atoms with Crippen molar-refractivity contribution in [2.45, 2.75) is 6.54 Å². The van der Waals surface area contributed by atoms with Crippen LogP contribution in [0, 0.1) is 0 Å². The van der Waals surface area contributed by atoms with Crippen molar-refractivity contribution in [3.05, 3.63) is 59.7 Å². The van der Waals surface area contributed by atoms with Gasteiger partial charge in [0.15, 0.2) is 0 Å². The molecule has 0 saturated carbocycles. The molecule has 0 saturated heterocycles. The van der Waals surface area contributed by atoms with Crippen molar-refractivity contribution in [2.24, 2.45) is 16.6 Å². The van der Waals surface area contributed by atoms with Gasteiger partial charge in [0, 0.05) is 16.9 Å². The average molecular weight is 255 g/mol. The van der Waals surface area contributed by atoms with Crippen molar-refractivity contribution in [3.63, 3.8) is 0 Å². The fourth-order valence-corrected chi connectivity index (χ4v) is 1.63. The molecule has 0 aliphatic carbocycles. The summed E-state index contributed by atoms with van der Waals surface area (Å²) in [6, 6.07) is 15.0. The molecule has 0 aromatic heterocycles. The number of hydrazine groups is 1. The second-order valence-electron chi connectivity index (χ2n) is 4.16. The Bertz CT molecular complexity index is 557. The Morgan fingerprint density at radius 2 is 1.63 bits per heavy atom. The van der Waals surface area contributed by atoms with Crippen molar-refractivity contribution >= 4 is 17.2 Å². The molecular weight excluding hydrogens is 238 g/mol. The lowest BCUT2D eigenvalue weighted by Gasteiger charge is -2.04. The zero-order valence-electron chi connectivity index (χ0n) is 10.5. The summed E-state index contributed by atoms with van der Waals surface area (Å²) in [5, 5.41) is 0. The Hall–Kier alpha value is -2.53. The van der Waals surface area contributed by atoms with Crippen LogP contribution in [0.5, 0.6) is 0 Å². The molecule has 2 aromatic rings. The summed E-state index contributed by atoms with van der Waals surface area (Å²) in [6.45, 7) is 0.531.